The molecule has 0 aromatic heterocycles. The first-order valence-corrected chi connectivity index (χ1v) is 10.8. The fraction of sp³-hybridized carbons (Fsp3) is 0.632. The van der Waals surface area contributed by atoms with E-state index in [1.54, 1.807) is 27.7 Å². The van der Waals surface area contributed by atoms with Crippen LogP contribution in [0.2, 0.25) is 0 Å². The molecule has 0 N–H and O–H groups in total. The molecule has 0 bridgehead atoms. The third-order valence-electron chi connectivity index (χ3n) is 4.81. The highest BCUT2D eigenvalue weighted by molar-refractivity contribution is 7.82. The van der Waals surface area contributed by atoms with E-state index in [0.29, 0.717) is 5.56 Å². The molecule has 3 aliphatic heterocycles. The second-order valence-electron chi connectivity index (χ2n) is 8.12. The molecule has 10 nitrogen and oxygen atoms in total. The second kappa shape index (κ2) is 7.42. The summed E-state index contributed by atoms with van der Waals surface area (Å²) in [6, 6.07) is 7.53. The van der Waals surface area contributed by atoms with Crippen molar-refractivity contribution in [3.63, 3.8) is 0 Å². The van der Waals surface area contributed by atoms with Crippen molar-refractivity contribution in [2.24, 2.45) is 0 Å². The molecular weight excluding hydrogens is 418 g/mol. The molecule has 3 aliphatic rings. The Bertz CT molecular complexity index is 938. The van der Waals surface area contributed by atoms with Crippen LogP contribution in [0.15, 0.2) is 24.3 Å². The van der Waals surface area contributed by atoms with Crippen LogP contribution in [0.1, 0.15) is 33.3 Å². The molecule has 3 saturated heterocycles. The monoisotopic (exact) mass is 441 g/mol. The molecule has 0 spiro atoms. The smallest absolute Gasteiger partial charge is 0.362 e. The number of benzene rings is 1. The van der Waals surface area contributed by atoms with Crippen molar-refractivity contribution in [3.05, 3.63) is 29.8 Å². The van der Waals surface area contributed by atoms with Gasteiger partial charge in [0.05, 0.1) is 18.2 Å². The predicted molar refractivity (Wildman–Crippen MR) is 99.2 cm³/mol. The lowest BCUT2D eigenvalue weighted by Crippen LogP contribution is -2.56. The minimum atomic E-state index is -4.39. The largest absolute Gasteiger partial charge is 0.449 e. The lowest BCUT2D eigenvalue weighted by atomic mass is 9.99. The average Bonchev–Trinajstić information content (AvgIpc) is 3.14. The Hall–Kier alpha value is -1.78. The summed E-state index contributed by atoms with van der Waals surface area (Å²) >= 11 is 0. The van der Waals surface area contributed by atoms with Gasteiger partial charge in [0.25, 0.3) is 0 Å². The van der Waals surface area contributed by atoms with Gasteiger partial charge in [0, 0.05) is 0 Å². The minimum absolute atomic E-state index is 0.0207. The zero-order chi connectivity index (χ0) is 21.7. The number of nitrogens with zero attached hydrogens (tertiary/aromatic N) is 1. The van der Waals surface area contributed by atoms with E-state index in [-0.39, 0.29) is 12.4 Å². The van der Waals surface area contributed by atoms with Crippen molar-refractivity contribution in [2.45, 2.75) is 70.0 Å². The van der Waals surface area contributed by atoms with E-state index in [2.05, 4.69) is 0 Å². The maximum absolute atomic E-state index is 12.3. The summed E-state index contributed by atoms with van der Waals surface area (Å²) in [6.45, 7) is 6.65. The molecule has 0 radical (unpaired) electrons. The fourth-order valence-corrected chi connectivity index (χ4v) is 4.40. The van der Waals surface area contributed by atoms with Gasteiger partial charge in [-0.25, -0.2) is 4.18 Å². The molecule has 0 amide bonds. The van der Waals surface area contributed by atoms with Crippen molar-refractivity contribution < 1.29 is 40.5 Å². The highest BCUT2D eigenvalue weighted by atomic mass is 32.3. The van der Waals surface area contributed by atoms with Crippen molar-refractivity contribution in [1.82, 2.24) is 0 Å². The van der Waals surface area contributed by atoms with E-state index < -0.39 is 52.7 Å². The molecule has 1 aromatic rings. The SMILES string of the molecule is CC1(C)OC2[C@H](OC(COS(=O)(=O)Oc3ccc(C#N)cc3)[C@@H]3OC(C)(C)O[C@H]23)O1. The number of nitriles is 1. The molecule has 3 fully saturated rings. The van der Waals surface area contributed by atoms with Gasteiger partial charge in [-0.05, 0) is 52.0 Å². The van der Waals surface area contributed by atoms with Crippen molar-refractivity contribution in [2.75, 3.05) is 6.61 Å². The third kappa shape index (κ3) is 4.45. The van der Waals surface area contributed by atoms with E-state index >= 15 is 0 Å². The molecule has 0 saturated carbocycles. The van der Waals surface area contributed by atoms with Crippen LogP contribution in [0.3, 0.4) is 0 Å². The quantitative estimate of drug-likeness (QED) is 0.665. The third-order valence-corrected chi connectivity index (χ3v) is 5.63. The van der Waals surface area contributed by atoms with Gasteiger partial charge < -0.3 is 27.9 Å². The fourth-order valence-electron chi connectivity index (χ4n) is 3.70. The Morgan fingerprint density at radius 3 is 2.23 bits per heavy atom. The number of hydrogen-bond donors (Lipinski definition) is 0. The number of hydrogen-bond acceptors (Lipinski definition) is 10. The zero-order valence-electron chi connectivity index (χ0n) is 16.9. The molecule has 164 valence electrons. The van der Waals surface area contributed by atoms with Crippen molar-refractivity contribution >= 4 is 10.4 Å². The number of rotatable bonds is 5. The van der Waals surface area contributed by atoms with Crippen molar-refractivity contribution in [3.8, 4) is 11.8 Å². The van der Waals surface area contributed by atoms with Gasteiger partial charge in [0.15, 0.2) is 17.9 Å². The van der Waals surface area contributed by atoms with E-state index in [0.717, 1.165) is 0 Å². The first-order chi connectivity index (χ1) is 14.0. The highest BCUT2D eigenvalue weighted by Crippen LogP contribution is 2.44. The first-order valence-electron chi connectivity index (χ1n) is 9.43. The molecule has 5 atom stereocenters. The Balaban J connectivity index is 1.44. The van der Waals surface area contributed by atoms with Crippen LogP contribution < -0.4 is 4.18 Å². The molecule has 2 unspecified atom stereocenters. The van der Waals surface area contributed by atoms with E-state index in [1.165, 1.54) is 24.3 Å². The standard InChI is InChI=1S/C19H23NO9S/c1-18(2)25-14-13(24-17-16(15(14)26-18)27-19(3,4)28-17)10-23-30(21,22)29-12-7-5-11(9-20)6-8-12/h5-8,13-17H,10H2,1-4H3/t13?,14-,15-,16?,17+/m0/s1. The maximum atomic E-state index is 12.3. The summed E-state index contributed by atoms with van der Waals surface area (Å²) in [5, 5.41) is 8.81. The van der Waals surface area contributed by atoms with Gasteiger partial charge in [-0.2, -0.15) is 13.7 Å². The molecule has 4 rings (SSSR count). The zero-order valence-corrected chi connectivity index (χ0v) is 17.7. The average molecular weight is 441 g/mol. The summed E-state index contributed by atoms with van der Waals surface area (Å²) in [6.07, 6.45) is -3.21. The van der Waals surface area contributed by atoms with Crippen LogP contribution in [0.4, 0.5) is 0 Å². The summed E-state index contributed by atoms with van der Waals surface area (Å²) in [7, 11) is -4.39. The van der Waals surface area contributed by atoms with Gasteiger partial charge in [-0.1, -0.05) is 0 Å². The first kappa shape index (κ1) is 21.5. The van der Waals surface area contributed by atoms with E-state index in [1.807, 2.05) is 6.07 Å². The Morgan fingerprint density at radius 1 is 0.967 bits per heavy atom. The van der Waals surface area contributed by atoms with E-state index in [9.17, 15) is 8.42 Å². The lowest BCUT2D eigenvalue weighted by Gasteiger charge is -2.36. The van der Waals surface area contributed by atoms with Crippen molar-refractivity contribution in [1.29, 1.82) is 5.26 Å². The summed E-state index contributed by atoms with van der Waals surface area (Å²) in [5.41, 5.74) is 0.375. The maximum Gasteiger partial charge on any atom is 0.449 e. The highest BCUT2D eigenvalue weighted by Gasteiger charge is 2.60. The van der Waals surface area contributed by atoms with Gasteiger partial charge in [-0.15, -0.1) is 0 Å². The molecule has 1 aromatic carbocycles. The Labute approximate surface area is 174 Å². The second-order valence-corrected chi connectivity index (χ2v) is 9.34. The van der Waals surface area contributed by atoms with Crippen LogP contribution >= 0.6 is 0 Å². The normalized spacial score (nSPS) is 34.0. The van der Waals surface area contributed by atoms with E-state index in [4.69, 9.17) is 37.3 Å². The van der Waals surface area contributed by atoms with Gasteiger partial charge >= 0.3 is 10.4 Å². The van der Waals surface area contributed by atoms with Crippen LogP contribution in [0, 0.1) is 11.3 Å². The predicted octanol–water partition coefficient (Wildman–Crippen LogP) is 1.59. The lowest BCUT2D eigenvalue weighted by molar-refractivity contribution is -0.238. The molecule has 30 heavy (non-hydrogen) atoms. The van der Waals surface area contributed by atoms with Gasteiger partial charge in [0.1, 0.15) is 30.2 Å². The topological polar surface area (TPSA) is 123 Å². The van der Waals surface area contributed by atoms with Crippen LogP contribution in [0.5, 0.6) is 5.75 Å². The Morgan fingerprint density at radius 2 is 1.57 bits per heavy atom. The summed E-state index contributed by atoms with van der Waals surface area (Å²) < 4.78 is 63.9. The minimum Gasteiger partial charge on any atom is -0.362 e. The number of ether oxygens (including phenoxy) is 5. The molecular formula is C19H23NO9S. The van der Waals surface area contributed by atoms with Crippen LogP contribution in [0.25, 0.3) is 0 Å². The van der Waals surface area contributed by atoms with Crippen LogP contribution in [-0.2, 0) is 38.3 Å². The summed E-state index contributed by atoms with van der Waals surface area (Å²) in [5.74, 6) is -1.76. The Kier molecular flexibility index (Phi) is 5.31. The number of fused-ring (bicyclic) bond motifs is 3. The van der Waals surface area contributed by atoms with Gasteiger partial charge in [0.2, 0.25) is 0 Å². The molecule has 0 aliphatic carbocycles. The van der Waals surface area contributed by atoms with Gasteiger partial charge in [-0.3, -0.25) is 0 Å². The summed E-state index contributed by atoms with van der Waals surface area (Å²) in [4.78, 5) is 0. The molecule has 3 heterocycles. The van der Waals surface area contributed by atoms with Crippen LogP contribution in [-0.4, -0.2) is 57.3 Å². The molecule has 11 heteroatoms.